The van der Waals surface area contributed by atoms with Gasteiger partial charge in [-0.15, -0.1) is 5.10 Å². The first-order valence-corrected chi connectivity index (χ1v) is 5.18. The first kappa shape index (κ1) is 12.6. The molecule has 6 nitrogen and oxygen atoms in total. The summed E-state index contributed by atoms with van der Waals surface area (Å²) < 4.78 is 1.53. The van der Waals surface area contributed by atoms with Crippen molar-refractivity contribution in [2.75, 3.05) is 0 Å². The van der Waals surface area contributed by atoms with Gasteiger partial charge in [-0.2, -0.15) is 0 Å². The molecule has 0 spiro atoms. The van der Waals surface area contributed by atoms with Crippen LogP contribution in [0.1, 0.15) is 49.8 Å². The molecule has 1 amide bonds. The average Bonchev–Trinajstić information content (AvgIpc) is 2.44. The highest BCUT2D eigenvalue weighted by molar-refractivity contribution is 5.91. The SMILES string of the molecule is CC(C)c1c(C(N)=O)nnn1CC(C)(C)O. The van der Waals surface area contributed by atoms with Crippen molar-refractivity contribution >= 4 is 5.91 Å². The molecule has 3 N–H and O–H groups in total. The third-order valence-corrected chi connectivity index (χ3v) is 2.09. The summed E-state index contributed by atoms with van der Waals surface area (Å²) in [6.45, 7) is 7.46. The molecular formula is C10H18N4O2. The van der Waals surface area contributed by atoms with Gasteiger partial charge in [0, 0.05) is 0 Å². The van der Waals surface area contributed by atoms with Crippen LogP contribution in [0.15, 0.2) is 0 Å². The molecule has 0 saturated heterocycles. The summed E-state index contributed by atoms with van der Waals surface area (Å²) in [5.41, 5.74) is 5.14. The minimum atomic E-state index is -0.910. The molecule has 90 valence electrons. The van der Waals surface area contributed by atoms with Crippen LogP contribution in [0.25, 0.3) is 0 Å². The van der Waals surface area contributed by atoms with Crippen molar-refractivity contribution in [3.63, 3.8) is 0 Å². The van der Waals surface area contributed by atoms with Crippen LogP contribution in [-0.2, 0) is 6.54 Å². The number of carbonyl (C=O) groups excluding carboxylic acids is 1. The number of nitrogens with two attached hydrogens (primary N) is 1. The Hall–Kier alpha value is -1.43. The zero-order valence-electron chi connectivity index (χ0n) is 10.1. The molecule has 0 saturated carbocycles. The Morgan fingerprint density at radius 2 is 2.12 bits per heavy atom. The van der Waals surface area contributed by atoms with Crippen LogP contribution >= 0.6 is 0 Å². The summed E-state index contributed by atoms with van der Waals surface area (Å²) in [4.78, 5) is 11.1. The number of aliphatic hydroxyl groups is 1. The van der Waals surface area contributed by atoms with Crippen molar-refractivity contribution in [1.82, 2.24) is 15.0 Å². The summed E-state index contributed by atoms with van der Waals surface area (Å²) in [5, 5.41) is 17.3. The molecule has 0 fully saturated rings. The van der Waals surface area contributed by atoms with E-state index in [2.05, 4.69) is 10.3 Å². The zero-order valence-corrected chi connectivity index (χ0v) is 10.1. The lowest BCUT2D eigenvalue weighted by atomic mass is 10.1. The molecule has 1 rings (SSSR count). The van der Waals surface area contributed by atoms with E-state index in [0.717, 1.165) is 0 Å². The number of amides is 1. The molecule has 0 aliphatic carbocycles. The fourth-order valence-electron chi connectivity index (χ4n) is 1.55. The van der Waals surface area contributed by atoms with Crippen molar-refractivity contribution in [2.45, 2.75) is 45.8 Å². The molecule has 0 aliphatic rings. The van der Waals surface area contributed by atoms with E-state index in [9.17, 15) is 9.90 Å². The highest BCUT2D eigenvalue weighted by Gasteiger charge is 2.23. The highest BCUT2D eigenvalue weighted by Crippen LogP contribution is 2.19. The van der Waals surface area contributed by atoms with Gasteiger partial charge in [0.2, 0.25) is 0 Å². The van der Waals surface area contributed by atoms with Crippen LogP contribution in [0.4, 0.5) is 0 Å². The molecule has 1 aromatic rings. The Balaban J connectivity index is 3.16. The van der Waals surface area contributed by atoms with Crippen molar-refractivity contribution < 1.29 is 9.90 Å². The summed E-state index contributed by atoms with van der Waals surface area (Å²) >= 11 is 0. The number of nitrogens with zero attached hydrogens (tertiary/aromatic N) is 3. The fraction of sp³-hybridized carbons (Fsp3) is 0.700. The van der Waals surface area contributed by atoms with Crippen LogP contribution in [0.3, 0.4) is 0 Å². The third kappa shape index (κ3) is 2.79. The number of primary amides is 1. The van der Waals surface area contributed by atoms with Crippen LogP contribution in [0.2, 0.25) is 0 Å². The van der Waals surface area contributed by atoms with E-state index < -0.39 is 11.5 Å². The van der Waals surface area contributed by atoms with Gasteiger partial charge in [0.15, 0.2) is 5.69 Å². The molecule has 1 aromatic heterocycles. The van der Waals surface area contributed by atoms with Crippen LogP contribution in [-0.4, -0.2) is 31.6 Å². The van der Waals surface area contributed by atoms with Gasteiger partial charge in [0.05, 0.1) is 17.8 Å². The first-order valence-electron chi connectivity index (χ1n) is 5.18. The molecular weight excluding hydrogens is 208 g/mol. The Labute approximate surface area is 94.4 Å². The topological polar surface area (TPSA) is 94.0 Å². The molecule has 1 heterocycles. The van der Waals surface area contributed by atoms with Gasteiger partial charge in [-0.1, -0.05) is 19.1 Å². The van der Waals surface area contributed by atoms with Gasteiger partial charge in [-0.05, 0) is 19.8 Å². The number of hydrogen-bond acceptors (Lipinski definition) is 4. The predicted molar refractivity (Wildman–Crippen MR) is 58.9 cm³/mol. The molecule has 0 bridgehead atoms. The largest absolute Gasteiger partial charge is 0.389 e. The van der Waals surface area contributed by atoms with Crippen molar-refractivity contribution in [1.29, 1.82) is 0 Å². The van der Waals surface area contributed by atoms with Crippen molar-refractivity contribution in [3.8, 4) is 0 Å². The summed E-state index contributed by atoms with van der Waals surface area (Å²) in [7, 11) is 0. The zero-order chi connectivity index (χ0) is 12.5. The second kappa shape index (κ2) is 4.21. The van der Waals surface area contributed by atoms with Gasteiger partial charge in [-0.3, -0.25) is 4.79 Å². The Kier molecular flexibility index (Phi) is 3.32. The number of carbonyl (C=O) groups is 1. The average molecular weight is 226 g/mol. The Morgan fingerprint density at radius 1 is 1.56 bits per heavy atom. The summed E-state index contributed by atoms with van der Waals surface area (Å²) in [6, 6.07) is 0. The van der Waals surface area contributed by atoms with E-state index in [-0.39, 0.29) is 18.2 Å². The Bertz CT molecular complexity index is 390. The van der Waals surface area contributed by atoms with Gasteiger partial charge >= 0.3 is 0 Å². The lowest BCUT2D eigenvalue weighted by Gasteiger charge is -2.19. The molecule has 0 radical (unpaired) electrons. The monoisotopic (exact) mass is 226 g/mol. The third-order valence-electron chi connectivity index (χ3n) is 2.09. The maximum atomic E-state index is 11.1. The van der Waals surface area contributed by atoms with Crippen LogP contribution in [0, 0.1) is 0 Å². The lowest BCUT2D eigenvalue weighted by molar-refractivity contribution is 0.0559. The summed E-state index contributed by atoms with van der Waals surface area (Å²) in [5.74, 6) is -0.523. The Morgan fingerprint density at radius 3 is 2.50 bits per heavy atom. The molecule has 16 heavy (non-hydrogen) atoms. The van der Waals surface area contributed by atoms with Gasteiger partial charge in [0.1, 0.15) is 0 Å². The smallest absolute Gasteiger partial charge is 0.271 e. The minimum absolute atomic E-state index is 0.0693. The summed E-state index contributed by atoms with van der Waals surface area (Å²) in [6.07, 6.45) is 0. The van der Waals surface area contributed by atoms with E-state index in [1.807, 2.05) is 13.8 Å². The first-order chi connectivity index (χ1) is 7.22. The van der Waals surface area contributed by atoms with Crippen molar-refractivity contribution in [3.05, 3.63) is 11.4 Å². The molecule has 0 unspecified atom stereocenters. The number of hydrogen-bond donors (Lipinski definition) is 2. The lowest BCUT2D eigenvalue weighted by Crippen LogP contribution is -2.28. The molecule has 0 atom stereocenters. The van der Waals surface area contributed by atoms with E-state index in [0.29, 0.717) is 5.69 Å². The molecule has 0 aromatic carbocycles. The second-order valence-corrected chi connectivity index (χ2v) is 4.81. The number of rotatable bonds is 4. The van der Waals surface area contributed by atoms with E-state index >= 15 is 0 Å². The normalized spacial score (nSPS) is 12.1. The van der Waals surface area contributed by atoms with Gasteiger partial charge in [0.25, 0.3) is 5.91 Å². The maximum Gasteiger partial charge on any atom is 0.271 e. The van der Waals surface area contributed by atoms with Crippen LogP contribution < -0.4 is 5.73 Å². The standard InChI is InChI=1S/C10H18N4O2/c1-6(2)8-7(9(11)15)12-13-14(8)5-10(3,4)16/h6,16H,5H2,1-4H3,(H2,11,15). The van der Waals surface area contributed by atoms with Gasteiger partial charge < -0.3 is 10.8 Å². The van der Waals surface area contributed by atoms with Gasteiger partial charge in [-0.25, -0.2) is 4.68 Å². The molecule has 0 aliphatic heterocycles. The minimum Gasteiger partial charge on any atom is -0.389 e. The quantitative estimate of drug-likeness (QED) is 0.770. The maximum absolute atomic E-state index is 11.1. The van der Waals surface area contributed by atoms with E-state index in [4.69, 9.17) is 5.73 Å². The highest BCUT2D eigenvalue weighted by atomic mass is 16.3. The second-order valence-electron chi connectivity index (χ2n) is 4.81. The van der Waals surface area contributed by atoms with E-state index in [1.54, 1.807) is 13.8 Å². The van der Waals surface area contributed by atoms with Crippen molar-refractivity contribution in [2.24, 2.45) is 5.73 Å². The van der Waals surface area contributed by atoms with E-state index in [1.165, 1.54) is 4.68 Å². The fourth-order valence-corrected chi connectivity index (χ4v) is 1.55. The number of aromatic nitrogens is 3. The van der Waals surface area contributed by atoms with Crippen LogP contribution in [0.5, 0.6) is 0 Å². The predicted octanol–water partition coefficient (Wildman–Crippen LogP) is 0.271. The molecule has 6 heteroatoms.